The van der Waals surface area contributed by atoms with Gasteiger partial charge in [-0.15, -0.1) is 0 Å². The Morgan fingerprint density at radius 3 is 2.81 bits per heavy atom. The van der Waals surface area contributed by atoms with Crippen molar-refractivity contribution in [3.05, 3.63) is 40.7 Å². The van der Waals surface area contributed by atoms with Crippen molar-refractivity contribution in [2.24, 2.45) is 0 Å². The molecule has 0 aromatic carbocycles. The van der Waals surface area contributed by atoms with Crippen LogP contribution in [0.1, 0.15) is 11.3 Å². The molecular weight excluding hydrogens is 222 g/mol. The van der Waals surface area contributed by atoms with Gasteiger partial charge in [-0.2, -0.15) is 0 Å². The zero-order chi connectivity index (χ0) is 11.3. The van der Waals surface area contributed by atoms with Crippen molar-refractivity contribution in [1.82, 2.24) is 14.4 Å². The average molecular weight is 232 g/mol. The largest absolute Gasteiger partial charge is 0.284 e. The van der Waals surface area contributed by atoms with Crippen LogP contribution in [0.15, 0.2) is 24.4 Å². The highest BCUT2D eigenvalue weighted by Crippen LogP contribution is 2.24. The number of nitrogens with zero attached hydrogens (tertiary/aromatic N) is 3. The van der Waals surface area contributed by atoms with Crippen LogP contribution in [0.4, 0.5) is 0 Å². The monoisotopic (exact) mass is 231 g/mol. The highest BCUT2D eigenvalue weighted by Gasteiger charge is 2.10. The second-order valence-corrected chi connectivity index (χ2v) is 4.32. The predicted octanol–water partition coefficient (Wildman–Crippen LogP) is 3.15. The lowest BCUT2D eigenvalue weighted by Gasteiger charge is -1.98. The van der Waals surface area contributed by atoms with Crippen molar-refractivity contribution < 1.29 is 0 Å². The fraction of sp³-hybridized carbons (Fsp3) is 0.167. The molecule has 0 fully saturated rings. The van der Waals surface area contributed by atoms with Gasteiger partial charge in [0.1, 0.15) is 11.2 Å². The summed E-state index contributed by atoms with van der Waals surface area (Å²) in [5.41, 5.74) is 4.53. The third kappa shape index (κ3) is 1.21. The lowest BCUT2D eigenvalue weighted by atomic mass is 10.3. The molecule has 0 aliphatic rings. The number of pyridine rings is 2. The van der Waals surface area contributed by atoms with Crippen LogP contribution < -0.4 is 0 Å². The Kier molecular flexibility index (Phi) is 1.91. The second kappa shape index (κ2) is 3.19. The summed E-state index contributed by atoms with van der Waals surface area (Å²) in [5, 5.41) is 0.658. The van der Waals surface area contributed by atoms with Gasteiger partial charge in [-0.3, -0.25) is 4.40 Å². The number of imidazole rings is 1. The molecule has 3 heterocycles. The third-order valence-corrected chi connectivity index (χ3v) is 2.95. The molecule has 0 N–H and O–H groups in total. The molecule has 0 atom stereocenters. The van der Waals surface area contributed by atoms with Gasteiger partial charge in [0.15, 0.2) is 5.65 Å². The van der Waals surface area contributed by atoms with E-state index in [0.717, 1.165) is 28.1 Å². The van der Waals surface area contributed by atoms with E-state index in [9.17, 15) is 0 Å². The number of halogens is 1. The van der Waals surface area contributed by atoms with E-state index in [0.29, 0.717) is 5.02 Å². The van der Waals surface area contributed by atoms with Crippen LogP contribution in [-0.2, 0) is 0 Å². The first kappa shape index (κ1) is 9.60. The van der Waals surface area contributed by atoms with Crippen LogP contribution in [0.25, 0.3) is 16.8 Å². The van der Waals surface area contributed by atoms with Crippen molar-refractivity contribution in [3.8, 4) is 0 Å². The SMILES string of the molecule is Cc1cc(Cl)c2nc3c(C)cccn3c2n1. The van der Waals surface area contributed by atoms with Crippen molar-refractivity contribution >= 4 is 28.4 Å². The molecule has 0 saturated heterocycles. The first-order valence-corrected chi connectivity index (χ1v) is 5.45. The smallest absolute Gasteiger partial charge is 0.166 e. The van der Waals surface area contributed by atoms with E-state index >= 15 is 0 Å². The number of aromatic nitrogens is 3. The van der Waals surface area contributed by atoms with E-state index in [1.165, 1.54) is 0 Å². The Morgan fingerprint density at radius 1 is 1.19 bits per heavy atom. The molecule has 0 bridgehead atoms. The lowest BCUT2D eigenvalue weighted by molar-refractivity contribution is 1.14. The number of rotatable bonds is 0. The Bertz CT molecular complexity index is 700. The Balaban J connectivity index is 2.61. The molecule has 0 radical (unpaired) electrons. The van der Waals surface area contributed by atoms with Crippen LogP contribution in [0.5, 0.6) is 0 Å². The molecule has 3 nitrogen and oxygen atoms in total. The zero-order valence-electron chi connectivity index (χ0n) is 9.03. The van der Waals surface area contributed by atoms with Gasteiger partial charge in [0.05, 0.1) is 5.02 Å². The predicted molar refractivity (Wildman–Crippen MR) is 65.0 cm³/mol. The molecule has 0 unspecified atom stereocenters. The van der Waals surface area contributed by atoms with E-state index in [-0.39, 0.29) is 0 Å². The summed E-state index contributed by atoms with van der Waals surface area (Å²) in [7, 11) is 0. The van der Waals surface area contributed by atoms with Gasteiger partial charge < -0.3 is 0 Å². The fourth-order valence-corrected chi connectivity index (χ4v) is 2.19. The van der Waals surface area contributed by atoms with Gasteiger partial charge in [0.25, 0.3) is 0 Å². The van der Waals surface area contributed by atoms with Gasteiger partial charge in [0.2, 0.25) is 0 Å². The topological polar surface area (TPSA) is 30.2 Å². The number of fused-ring (bicyclic) bond motifs is 3. The number of hydrogen-bond donors (Lipinski definition) is 0. The Morgan fingerprint density at radius 2 is 2.00 bits per heavy atom. The number of aryl methyl sites for hydroxylation is 2. The quantitative estimate of drug-likeness (QED) is 0.595. The fourth-order valence-electron chi connectivity index (χ4n) is 1.91. The Labute approximate surface area is 97.7 Å². The minimum absolute atomic E-state index is 0.658. The van der Waals surface area contributed by atoms with Gasteiger partial charge >= 0.3 is 0 Å². The van der Waals surface area contributed by atoms with E-state index < -0.39 is 0 Å². The van der Waals surface area contributed by atoms with E-state index in [2.05, 4.69) is 9.97 Å². The van der Waals surface area contributed by atoms with E-state index in [4.69, 9.17) is 11.6 Å². The normalized spacial score (nSPS) is 11.4. The molecule has 3 aromatic rings. The van der Waals surface area contributed by atoms with Gasteiger partial charge in [-0.25, -0.2) is 9.97 Å². The standard InChI is InChI=1S/C12H10ClN3/c1-7-4-3-5-16-11(7)15-10-9(13)6-8(2)14-12(10)16/h3-6H,1-2H3. The lowest BCUT2D eigenvalue weighted by Crippen LogP contribution is -1.89. The molecule has 0 saturated carbocycles. The summed E-state index contributed by atoms with van der Waals surface area (Å²) in [6, 6.07) is 5.86. The molecule has 0 aliphatic carbocycles. The van der Waals surface area contributed by atoms with E-state index in [1.807, 2.05) is 42.6 Å². The summed E-state index contributed by atoms with van der Waals surface area (Å²) in [6.45, 7) is 3.96. The maximum Gasteiger partial charge on any atom is 0.166 e. The molecule has 3 aromatic heterocycles. The van der Waals surface area contributed by atoms with Crippen LogP contribution >= 0.6 is 11.6 Å². The third-order valence-electron chi connectivity index (χ3n) is 2.66. The first-order chi connectivity index (χ1) is 7.66. The van der Waals surface area contributed by atoms with Crippen molar-refractivity contribution in [2.45, 2.75) is 13.8 Å². The van der Waals surface area contributed by atoms with Crippen molar-refractivity contribution in [2.75, 3.05) is 0 Å². The summed E-state index contributed by atoms with van der Waals surface area (Å²) >= 11 is 6.17. The highest BCUT2D eigenvalue weighted by atomic mass is 35.5. The minimum atomic E-state index is 0.658. The van der Waals surface area contributed by atoms with Crippen LogP contribution in [0, 0.1) is 13.8 Å². The molecule has 0 spiro atoms. The molecule has 16 heavy (non-hydrogen) atoms. The van der Waals surface area contributed by atoms with Crippen LogP contribution in [0.3, 0.4) is 0 Å². The average Bonchev–Trinajstić information content (AvgIpc) is 2.59. The van der Waals surface area contributed by atoms with Crippen molar-refractivity contribution in [3.63, 3.8) is 0 Å². The molecule has 80 valence electrons. The molecule has 0 amide bonds. The molecular formula is C12H10ClN3. The second-order valence-electron chi connectivity index (χ2n) is 3.91. The Hall–Kier alpha value is -1.61. The van der Waals surface area contributed by atoms with Crippen LogP contribution in [-0.4, -0.2) is 14.4 Å². The number of hydrogen-bond acceptors (Lipinski definition) is 2. The van der Waals surface area contributed by atoms with Gasteiger partial charge in [-0.1, -0.05) is 17.7 Å². The van der Waals surface area contributed by atoms with E-state index in [1.54, 1.807) is 0 Å². The molecule has 4 heteroatoms. The van der Waals surface area contributed by atoms with Crippen LogP contribution in [0.2, 0.25) is 5.02 Å². The minimum Gasteiger partial charge on any atom is -0.284 e. The maximum absolute atomic E-state index is 6.17. The summed E-state index contributed by atoms with van der Waals surface area (Å²) in [4.78, 5) is 9.01. The zero-order valence-corrected chi connectivity index (χ0v) is 9.78. The maximum atomic E-state index is 6.17. The summed E-state index contributed by atoms with van der Waals surface area (Å²) < 4.78 is 1.98. The van der Waals surface area contributed by atoms with Crippen molar-refractivity contribution in [1.29, 1.82) is 0 Å². The summed E-state index contributed by atoms with van der Waals surface area (Å²) in [6.07, 6.45) is 1.96. The molecule has 3 rings (SSSR count). The first-order valence-electron chi connectivity index (χ1n) is 5.07. The van der Waals surface area contributed by atoms with Gasteiger partial charge in [-0.05, 0) is 31.5 Å². The molecule has 0 aliphatic heterocycles. The van der Waals surface area contributed by atoms with Gasteiger partial charge in [0, 0.05) is 11.9 Å². The summed E-state index contributed by atoms with van der Waals surface area (Å²) in [5.74, 6) is 0. The highest BCUT2D eigenvalue weighted by molar-refractivity contribution is 6.34.